The smallest absolute Gasteiger partial charge is 0.274 e. The van der Waals surface area contributed by atoms with Crippen LogP contribution < -0.4 is 0 Å². The van der Waals surface area contributed by atoms with Crippen molar-refractivity contribution in [2.45, 2.75) is 83.2 Å². The van der Waals surface area contributed by atoms with E-state index in [9.17, 15) is 14.9 Å². The van der Waals surface area contributed by atoms with E-state index in [4.69, 9.17) is 5.10 Å². The van der Waals surface area contributed by atoms with Crippen molar-refractivity contribution < 1.29 is 9.72 Å². The lowest BCUT2D eigenvalue weighted by Gasteiger charge is -2.39. The molecule has 1 aliphatic carbocycles. The maximum Gasteiger partial charge on any atom is 0.274 e. The summed E-state index contributed by atoms with van der Waals surface area (Å²) in [4.78, 5) is 28.7. The summed E-state index contributed by atoms with van der Waals surface area (Å²) in [5.41, 5.74) is 4.55. The quantitative estimate of drug-likeness (QED) is 0.448. The van der Waals surface area contributed by atoms with Crippen molar-refractivity contribution in [3.63, 3.8) is 0 Å². The first-order valence-electron chi connectivity index (χ1n) is 13.4. The highest BCUT2D eigenvalue weighted by Crippen LogP contribution is 2.34. The molecule has 0 spiro atoms. The number of aryl methyl sites for hydroxylation is 1. The summed E-state index contributed by atoms with van der Waals surface area (Å²) in [5.74, 6) is 0.586. The van der Waals surface area contributed by atoms with Crippen LogP contribution in [0.3, 0.4) is 0 Å². The number of nitro benzene ring substituents is 1. The SMILES string of the molecule is CCCn1nc(C(=O)N2CCCCC2)c2c1CCC(N1CCC(c3ccc([N+](=O)[O-])cc3)CC1)C2. The molecule has 8 nitrogen and oxygen atoms in total. The Bertz CT molecular complexity index is 1050. The summed E-state index contributed by atoms with van der Waals surface area (Å²) in [6, 6.07) is 7.54. The second kappa shape index (κ2) is 10.5. The van der Waals surface area contributed by atoms with Crippen molar-refractivity contribution in [1.82, 2.24) is 19.6 Å². The standard InChI is InChI=1S/C27H37N5O3/c1-2-14-31-25-11-10-23(19-24(25)26(28-31)27(33)30-15-4-3-5-16-30)29-17-12-21(13-18-29)20-6-8-22(9-7-20)32(34)35/h6-9,21,23H,2-5,10-19H2,1H3. The summed E-state index contributed by atoms with van der Waals surface area (Å²) in [6.45, 7) is 6.81. The lowest BCUT2D eigenvalue weighted by molar-refractivity contribution is -0.384. The van der Waals surface area contributed by atoms with Gasteiger partial charge in [-0.1, -0.05) is 19.1 Å². The maximum atomic E-state index is 13.4. The van der Waals surface area contributed by atoms with Gasteiger partial charge in [0, 0.05) is 49.1 Å². The zero-order valence-electron chi connectivity index (χ0n) is 20.8. The van der Waals surface area contributed by atoms with Crippen LogP contribution in [-0.2, 0) is 19.4 Å². The van der Waals surface area contributed by atoms with Crippen LogP contribution in [0.4, 0.5) is 5.69 Å². The van der Waals surface area contributed by atoms with E-state index in [2.05, 4.69) is 16.5 Å². The van der Waals surface area contributed by atoms with E-state index >= 15 is 0 Å². The number of likely N-dealkylation sites (tertiary alicyclic amines) is 2. The molecule has 0 N–H and O–H groups in total. The molecule has 1 aromatic heterocycles. The van der Waals surface area contributed by atoms with Crippen molar-refractivity contribution in [3.05, 3.63) is 56.9 Å². The number of benzene rings is 1. The molecule has 2 saturated heterocycles. The van der Waals surface area contributed by atoms with Gasteiger partial charge in [-0.2, -0.15) is 5.10 Å². The van der Waals surface area contributed by atoms with Gasteiger partial charge in [-0.15, -0.1) is 0 Å². The van der Waals surface area contributed by atoms with Gasteiger partial charge >= 0.3 is 0 Å². The maximum absolute atomic E-state index is 13.4. The van der Waals surface area contributed by atoms with E-state index < -0.39 is 0 Å². The molecular weight excluding hydrogens is 442 g/mol. The molecule has 2 fully saturated rings. The highest BCUT2D eigenvalue weighted by molar-refractivity contribution is 5.94. The number of aromatic nitrogens is 2. The van der Waals surface area contributed by atoms with E-state index in [0.717, 1.165) is 84.1 Å². The number of fused-ring (bicyclic) bond motifs is 1. The van der Waals surface area contributed by atoms with Crippen LogP contribution in [0, 0.1) is 10.1 Å². The molecule has 0 bridgehead atoms. The van der Waals surface area contributed by atoms with Gasteiger partial charge in [0.2, 0.25) is 0 Å². The molecule has 35 heavy (non-hydrogen) atoms. The molecule has 3 aliphatic rings. The Hall–Kier alpha value is -2.74. The lowest BCUT2D eigenvalue weighted by atomic mass is 9.85. The molecule has 8 heteroatoms. The van der Waals surface area contributed by atoms with Gasteiger partial charge in [0.1, 0.15) is 0 Å². The molecule has 1 unspecified atom stereocenters. The predicted octanol–water partition coefficient (Wildman–Crippen LogP) is 4.56. The van der Waals surface area contributed by atoms with Crippen molar-refractivity contribution in [3.8, 4) is 0 Å². The van der Waals surface area contributed by atoms with E-state index in [1.165, 1.54) is 23.2 Å². The fourth-order valence-corrected chi connectivity index (χ4v) is 6.26. The number of piperidine rings is 2. The summed E-state index contributed by atoms with van der Waals surface area (Å²) >= 11 is 0. The lowest BCUT2D eigenvalue weighted by Crippen LogP contribution is -2.44. The molecular formula is C27H37N5O3. The molecule has 1 atom stereocenters. The zero-order chi connectivity index (χ0) is 24.4. The molecule has 0 saturated carbocycles. The Morgan fingerprint density at radius 1 is 1.06 bits per heavy atom. The average molecular weight is 480 g/mol. The monoisotopic (exact) mass is 479 g/mol. The molecule has 2 aliphatic heterocycles. The number of hydrogen-bond acceptors (Lipinski definition) is 5. The molecule has 3 heterocycles. The van der Waals surface area contributed by atoms with Gasteiger partial charge in [0.05, 0.1) is 4.92 Å². The van der Waals surface area contributed by atoms with Crippen LogP contribution in [0.15, 0.2) is 24.3 Å². The van der Waals surface area contributed by atoms with E-state index in [1.807, 2.05) is 17.0 Å². The predicted molar refractivity (Wildman–Crippen MR) is 135 cm³/mol. The second-order valence-electron chi connectivity index (χ2n) is 10.4. The van der Waals surface area contributed by atoms with Crippen LogP contribution in [0.5, 0.6) is 0 Å². The van der Waals surface area contributed by atoms with Crippen molar-refractivity contribution >= 4 is 11.6 Å². The topological polar surface area (TPSA) is 84.5 Å². The van der Waals surface area contributed by atoms with E-state index in [-0.39, 0.29) is 16.5 Å². The number of hydrogen-bond donors (Lipinski definition) is 0. The van der Waals surface area contributed by atoms with E-state index in [0.29, 0.717) is 17.7 Å². The highest BCUT2D eigenvalue weighted by atomic mass is 16.6. The third kappa shape index (κ3) is 4.99. The number of carbonyl (C=O) groups excluding carboxylic acids is 1. The number of nitrogens with zero attached hydrogens (tertiary/aromatic N) is 5. The van der Waals surface area contributed by atoms with Crippen LogP contribution in [-0.4, -0.2) is 62.6 Å². The number of rotatable bonds is 6. The number of carbonyl (C=O) groups is 1. The van der Waals surface area contributed by atoms with Gasteiger partial charge in [-0.25, -0.2) is 0 Å². The van der Waals surface area contributed by atoms with Crippen LogP contribution in [0.2, 0.25) is 0 Å². The van der Waals surface area contributed by atoms with Gasteiger partial charge in [0.15, 0.2) is 5.69 Å². The minimum Gasteiger partial charge on any atom is -0.337 e. The average Bonchev–Trinajstić information content (AvgIpc) is 3.27. The van der Waals surface area contributed by atoms with Gasteiger partial charge in [-0.05, 0) is 82.4 Å². The summed E-state index contributed by atoms with van der Waals surface area (Å²) in [7, 11) is 0. The van der Waals surface area contributed by atoms with Crippen LogP contribution in [0.1, 0.15) is 85.1 Å². The van der Waals surface area contributed by atoms with Gasteiger partial charge < -0.3 is 4.90 Å². The first-order chi connectivity index (χ1) is 17.0. The fourth-order valence-electron chi connectivity index (χ4n) is 6.26. The first kappa shape index (κ1) is 24.0. The Labute approximate surface area is 207 Å². The highest BCUT2D eigenvalue weighted by Gasteiger charge is 2.34. The molecule has 1 amide bonds. The number of nitro groups is 1. The van der Waals surface area contributed by atoms with Crippen molar-refractivity contribution in [1.29, 1.82) is 0 Å². The Morgan fingerprint density at radius 3 is 2.43 bits per heavy atom. The van der Waals surface area contributed by atoms with E-state index in [1.54, 1.807) is 12.1 Å². The third-order valence-electron chi connectivity index (χ3n) is 8.22. The zero-order valence-corrected chi connectivity index (χ0v) is 20.8. The van der Waals surface area contributed by atoms with Crippen LogP contribution >= 0.6 is 0 Å². The Balaban J connectivity index is 1.27. The van der Waals surface area contributed by atoms with Crippen molar-refractivity contribution in [2.24, 2.45) is 0 Å². The van der Waals surface area contributed by atoms with Crippen LogP contribution in [0.25, 0.3) is 0 Å². The van der Waals surface area contributed by atoms with Gasteiger partial charge in [0.25, 0.3) is 11.6 Å². The minimum atomic E-state index is -0.337. The number of non-ortho nitro benzene ring substituents is 1. The van der Waals surface area contributed by atoms with Crippen molar-refractivity contribution in [2.75, 3.05) is 26.2 Å². The van der Waals surface area contributed by atoms with Gasteiger partial charge in [-0.3, -0.25) is 24.5 Å². The first-order valence-corrected chi connectivity index (χ1v) is 13.4. The molecule has 188 valence electrons. The minimum absolute atomic E-state index is 0.133. The normalized spacial score (nSPS) is 21.6. The molecule has 1 aromatic carbocycles. The second-order valence-corrected chi connectivity index (χ2v) is 10.4. The summed E-state index contributed by atoms with van der Waals surface area (Å²) in [5, 5.41) is 15.8. The number of amides is 1. The molecule has 0 radical (unpaired) electrons. The largest absolute Gasteiger partial charge is 0.337 e. The Kier molecular flexibility index (Phi) is 7.18. The Morgan fingerprint density at radius 2 is 1.77 bits per heavy atom. The molecule has 2 aromatic rings. The molecule has 5 rings (SSSR count). The summed E-state index contributed by atoms with van der Waals surface area (Å²) < 4.78 is 2.11. The summed E-state index contributed by atoms with van der Waals surface area (Å²) in [6.07, 6.45) is 9.56. The fraction of sp³-hybridized carbons (Fsp3) is 0.630. The third-order valence-corrected chi connectivity index (χ3v) is 8.22.